The Morgan fingerprint density at radius 1 is 0.667 bits per heavy atom. The van der Waals surface area contributed by atoms with Gasteiger partial charge in [-0.15, -0.1) is 5.11 Å². The van der Waals surface area contributed by atoms with Crippen molar-refractivity contribution < 1.29 is 0 Å². The average Bonchev–Trinajstić information content (AvgIpc) is 3.33. The average molecular weight is 396 g/mol. The molecule has 1 aromatic heterocycles. The van der Waals surface area contributed by atoms with Gasteiger partial charge in [-0.2, -0.15) is 15.3 Å². The van der Waals surface area contributed by atoms with Crippen molar-refractivity contribution in [1.29, 1.82) is 0 Å². The Morgan fingerprint density at radius 2 is 1.33 bits per heavy atom. The molecule has 0 unspecified atom stereocenters. The van der Waals surface area contributed by atoms with Gasteiger partial charge in [-0.25, -0.2) is 0 Å². The first-order valence-corrected chi connectivity index (χ1v) is 10.4. The fourth-order valence-corrected chi connectivity index (χ4v) is 3.31. The normalized spacial score (nSPS) is 11.8. The Hall–Kier alpha value is -3.60. The molecule has 0 spiro atoms. The maximum absolute atomic E-state index is 4.50. The second-order valence-electron chi connectivity index (χ2n) is 7.13. The van der Waals surface area contributed by atoms with Gasteiger partial charge in [-0.3, -0.25) is 0 Å². The van der Waals surface area contributed by atoms with E-state index in [0.717, 1.165) is 46.5 Å². The van der Waals surface area contributed by atoms with Crippen molar-refractivity contribution in [2.75, 3.05) is 6.54 Å². The van der Waals surface area contributed by atoms with Crippen LogP contribution in [0.4, 0.5) is 17.1 Å². The molecule has 5 nitrogen and oxygen atoms in total. The van der Waals surface area contributed by atoms with E-state index in [1.807, 2.05) is 73.1 Å². The van der Waals surface area contributed by atoms with Gasteiger partial charge in [-0.1, -0.05) is 44.0 Å². The van der Waals surface area contributed by atoms with Gasteiger partial charge >= 0.3 is 0 Å². The summed E-state index contributed by atoms with van der Waals surface area (Å²) in [5.41, 5.74) is 3.61. The lowest BCUT2D eigenvalue weighted by molar-refractivity contribution is 0.713. The van der Waals surface area contributed by atoms with Crippen LogP contribution in [0.5, 0.6) is 0 Å². The topological polar surface area (TPSA) is 54.4 Å². The van der Waals surface area contributed by atoms with Crippen molar-refractivity contribution >= 4 is 27.8 Å². The summed E-state index contributed by atoms with van der Waals surface area (Å²) in [5, 5.41) is 19.8. The summed E-state index contributed by atoms with van der Waals surface area (Å²) in [7, 11) is 0. The van der Waals surface area contributed by atoms with Gasteiger partial charge in [-0.05, 0) is 55.0 Å². The predicted molar refractivity (Wildman–Crippen MR) is 123 cm³/mol. The summed E-state index contributed by atoms with van der Waals surface area (Å²) in [5.74, 6) is 0. The van der Waals surface area contributed by atoms with Crippen LogP contribution in [-0.2, 0) is 0 Å². The third kappa shape index (κ3) is 4.69. The summed E-state index contributed by atoms with van der Waals surface area (Å²) in [6.45, 7) is 2.96. The molecule has 150 valence electrons. The molecule has 0 atom stereocenters. The Bertz CT molecular complexity index is 1140. The molecule has 0 bridgehead atoms. The maximum Gasteiger partial charge on any atom is 0.0936 e. The minimum absolute atomic E-state index is 0.767. The monoisotopic (exact) mass is 395 g/mol. The largest absolute Gasteiger partial charge is 0.324 e. The van der Waals surface area contributed by atoms with Gasteiger partial charge < -0.3 is 4.57 Å². The van der Waals surface area contributed by atoms with Crippen LogP contribution in [0.15, 0.2) is 106 Å². The maximum atomic E-state index is 4.50. The van der Waals surface area contributed by atoms with Crippen molar-refractivity contribution in [3.8, 4) is 5.69 Å². The van der Waals surface area contributed by atoms with Gasteiger partial charge in [0.25, 0.3) is 0 Å². The van der Waals surface area contributed by atoms with E-state index in [1.54, 1.807) is 0 Å². The van der Waals surface area contributed by atoms with Crippen molar-refractivity contribution in [3.63, 3.8) is 0 Å². The smallest absolute Gasteiger partial charge is 0.0936 e. The lowest BCUT2D eigenvalue weighted by Crippen LogP contribution is -1.87. The van der Waals surface area contributed by atoms with Crippen molar-refractivity contribution in [3.05, 3.63) is 85.2 Å². The lowest BCUT2D eigenvalue weighted by Gasteiger charge is -2.05. The van der Waals surface area contributed by atoms with E-state index in [9.17, 15) is 0 Å². The molecule has 4 rings (SSSR count). The first kappa shape index (κ1) is 19.7. The van der Waals surface area contributed by atoms with E-state index in [-0.39, 0.29) is 0 Å². The molecule has 0 aliphatic heterocycles. The quantitative estimate of drug-likeness (QED) is 0.213. The highest BCUT2D eigenvalue weighted by molar-refractivity contribution is 5.99. The molecule has 0 amide bonds. The third-order valence-electron chi connectivity index (χ3n) is 4.94. The van der Waals surface area contributed by atoms with E-state index in [0.29, 0.717) is 0 Å². The molecule has 5 heteroatoms. The molecule has 0 aliphatic rings. The molecule has 30 heavy (non-hydrogen) atoms. The number of unbranched alkanes of at least 4 members (excludes halogenated alkanes) is 2. The zero-order chi connectivity index (χ0) is 20.6. The highest BCUT2D eigenvalue weighted by atomic mass is 15.1. The molecule has 1 heterocycles. The number of nitrogens with zero attached hydrogens (tertiary/aromatic N) is 5. The van der Waals surface area contributed by atoms with Gasteiger partial charge in [0.15, 0.2) is 0 Å². The Kier molecular flexibility index (Phi) is 6.40. The molecule has 3 aromatic carbocycles. The number of hydrogen-bond donors (Lipinski definition) is 0. The van der Waals surface area contributed by atoms with Crippen LogP contribution >= 0.6 is 0 Å². The molecule has 0 radical (unpaired) electrons. The summed E-state index contributed by atoms with van der Waals surface area (Å²) >= 11 is 0. The summed E-state index contributed by atoms with van der Waals surface area (Å²) < 4.78 is 2.06. The summed E-state index contributed by atoms with van der Waals surface area (Å²) in [6, 6.07) is 24.1. The van der Waals surface area contributed by atoms with E-state index in [4.69, 9.17) is 0 Å². The van der Waals surface area contributed by atoms with Crippen LogP contribution in [-0.4, -0.2) is 11.1 Å². The van der Waals surface area contributed by atoms with Gasteiger partial charge in [0.2, 0.25) is 0 Å². The van der Waals surface area contributed by atoms with E-state index in [2.05, 4.69) is 44.1 Å². The van der Waals surface area contributed by atoms with Crippen LogP contribution < -0.4 is 0 Å². The fraction of sp³-hybridized carbons (Fsp3) is 0.200. The number of benzene rings is 3. The number of fused-ring (bicyclic) bond motifs is 1. The Balaban J connectivity index is 1.55. The molecule has 0 saturated heterocycles. The van der Waals surface area contributed by atoms with Gasteiger partial charge in [0.05, 0.1) is 23.6 Å². The summed E-state index contributed by atoms with van der Waals surface area (Å²) in [6.07, 6.45) is 7.49. The van der Waals surface area contributed by atoms with Crippen molar-refractivity contribution in [2.45, 2.75) is 26.2 Å². The molecule has 4 aromatic rings. The van der Waals surface area contributed by atoms with Crippen molar-refractivity contribution in [2.24, 2.45) is 20.5 Å². The lowest BCUT2D eigenvalue weighted by atomic mass is 10.1. The SMILES string of the molecule is CCCCC/N=N/c1ccc(/N=N/c2ccc(-n3cccc3)cc2)c2ccccc12. The predicted octanol–water partition coefficient (Wildman–Crippen LogP) is 8.32. The third-order valence-corrected chi connectivity index (χ3v) is 4.94. The minimum Gasteiger partial charge on any atom is -0.324 e. The molecular formula is C25H25N5. The van der Waals surface area contributed by atoms with Crippen LogP contribution in [0.25, 0.3) is 16.5 Å². The number of hydrogen-bond acceptors (Lipinski definition) is 4. The van der Waals surface area contributed by atoms with Crippen molar-refractivity contribution in [1.82, 2.24) is 4.57 Å². The molecule has 0 fully saturated rings. The van der Waals surface area contributed by atoms with E-state index < -0.39 is 0 Å². The number of rotatable bonds is 8. The first-order valence-electron chi connectivity index (χ1n) is 10.4. The first-order chi connectivity index (χ1) is 14.8. The zero-order valence-electron chi connectivity index (χ0n) is 17.1. The highest BCUT2D eigenvalue weighted by Crippen LogP contribution is 2.34. The van der Waals surface area contributed by atoms with E-state index >= 15 is 0 Å². The van der Waals surface area contributed by atoms with Gasteiger partial charge in [0.1, 0.15) is 0 Å². The summed E-state index contributed by atoms with van der Waals surface area (Å²) in [4.78, 5) is 0. The Labute approximate surface area is 176 Å². The number of azo groups is 2. The standard InChI is InChI=1S/C25H25N5/c1-2-3-6-17-26-28-24-15-16-25(23-10-5-4-9-22(23)24)29-27-20-11-13-21(14-12-20)30-18-7-8-19-30/h4-5,7-16,18-19H,2-3,6,17H2,1H3/b28-26+,29-27+. The zero-order valence-corrected chi connectivity index (χ0v) is 17.1. The van der Waals surface area contributed by atoms with E-state index in [1.165, 1.54) is 12.8 Å². The molecule has 0 aliphatic carbocycles. The molecule has 0 saturated carbocycles. The number of aromatic nitrogens is 1. The molecular weight excluding hydrogens is 370 g/mol. The van der Waals surface area contributed by atoms with Crippen LogP contribution in [0.3, 0.4) is 0 Å². The van der Waals surface area contributed by atoms with Crippen LogP contribution in [0.1, 0.15) is 26.2 Å². The van der Waals surface area contributed by atoms with Crippen LogP contribution in [0, 0.1) is 0 Å². The highest BCUT2D eigenvalue weighted by Gasteiger charge is 2.05. The second kappa shape index (κ2) is 9.74. The fourth-order valence-electron chi connectivity index (χ4n) is 3.31. The Morgan fingerprint density at radius 3 is 2.00 bits per heavy atom. The minimum atomic E-state index is 0.767. The second-order valence-corrected chi connectivity index (χ2v) is 7.13. The van der Waals surface area contributed by atoms with Gasteiger partial charge in [0, 0.05) is 28.9 Å². The van der Waals surface area contributed by atoms with Crippen LogP contribution in [0.2, 0.25) is 0 Å². The molecule has 0 N–H and O–H groups in total.